The zero-order chi connectivity index (χ0) is 16.9. The second kappa shape index (κ2) is 8.13. The van der Waals surface area contributed by atoms with Crippen molar-refractivity contribution in [3.8, 4) is 0 Å². The molecule has 1 saturated carbocycles. The van der Waals surface area contributed by atoms with Gasteiger partial charge in [0.05, 0.1) is 6.10 Å². The molecule has 0 unspecified atom stereocenters. The van der Waals surface area contributed by atoms with Crippen LogP contribution in [0.3, 0.4) is 0 Å². The van der Waals surface area contributed by atoms with Crippen LogP contribution in [0, 0.1) is 18.8 Å². The molecule has 1 saturated heterocycles. The summed E-state index contributed by atoms with van der Waals surface area (Å²) in [5.74, 6) is 1.23. The lowest BCUT2D eigenvalue weighted by atomic mass is 9.88. The largest absolute Gasteiger partial charge is 0.377 e. The summed E-state index contributed by atoms with van der Waals surface area (Å²) >= 11 is 0. The van der Waals surface area contributed by atoms with Crippen molar-refractivity contribution in [3.05, 3.63) is 35.4 Å². The van der Waals surface area contributed by atoms with Crippen molar-refractivity contribution < 1.29 is 14.3 Å². The van der Waals surface area contributed by atoms with E-state index in [2.05, 4.69) is 31.2 Å². The smallest absolute Gasteiger partial charge is 0.248 e. The number of piperidine rings is 1. The summed E-state index contributed by atoms with van der Waals surface area (Å²) in [6.45, 7) is 4.74. The molecule has 3 rings (SSSR count). The highest BCUT2D eigenvalue weighted by atomic mass is 16.5. The summed E-state index contributed by atoms with van der Waals surface area (Å²) in [6, 6.07) is 8.66. The predicted octanol–water partition coefficient (Wildman–Crippen LogP) is 2.83. The summed E-state index contributed by atoms with van der Waals surface area (Å²) in [7, 11) is 1.58. The van der Waals surface area contributed by atoms with Crippen LogP contribution in [0.4, 0.5) is 0 Å². The first-order valence-corrected chi connectivity index (χ1v) is 9.09. The van der Waals surface area contributed by atoms with E-state index < -0.39 is 0 Å². The van der Waals surface area contributed by atoms with Gasteiger partial charge in [-0.15, -0.1) is 0 Å². The van der Waals surface area contributed by atoms with E-state index >= 15 is 0 Å². The van der Waals surface area contributed by atoms with Crippen LogP contribution >= 0.6 is 0 Å². The van der Waals surface area contributed by atoms with Crippen molar-refractivity contribution in [3.63, 3.8) is 0 Å². The van der Waals surface area contributed by atoms with Gasteiger partial charge < -0.3 is 14.4 Å². The van der Waals surface area contributed by atoms with E-state index in [4.69, 9.17) is 9.47 Å². The van der Waals surface area contributed by atoms with Crippen LogP contribution in [0.25, 0.3) is 0 Å². The van der Waals surface area contributed by atoms with Gasteiger partial charge in [-0.25, -0.2) is 0 Å². The van der Waals surface area contributed by atoms with Gasteiger partial charge in [-0.1, -0.05) is 29.8 Å². The van der Waals surface area contributed by atoms with Crippen LogP contribution in [-0.4, -0.2) is 50.3 Å². The maximum Gasteiger partial charge on any atom is 0.248 e. The number of likely N-dealkylation sites (tertiary alicyclic amines) is 1. The molecule has 4 heteroatoms. The molecule has 24 heavy (non-hydrogen) atoms. The van der Waals surface area contributed by atoms with E-state index in [9.17, 15) is 4.79 Å². The molecule has 1 heterocycles. The van der Waals surface area contributed by atoms with Gasteiger partial charge in [-0.2, -0.15) is 0 Å². The second-order valence-electron chi connectivity index (χ2n) is 7.33. The molecule has 4 nitrogen and oxygen atoms in total. The Hall–Kier alpha value is -1.39. The Morgan fingerprint density at radius 3 is 2.83 bits per heavy atom. The molecule has 2 aliphatic rings. The standard InChI is InChI=1S/C20H29NO3/c1-15-4-3-5-17(10-15)11-18-12-21(20(22)14-23-2)9-8-19(18)24-13-16-6-7-16/h3-5,10,16,18-19H,6-9,11-14H2,1-2H3/t18-,19-/m1/s1. The number of amides is 1. The third-order valence-electron chi connectivity index (χ3n) is 5.11. The number of hydrogen-bond acceptors (Lipinski definition) is 3. The molecular formula is C20H29NO3. The van der Waals surface area contributed by atoms with E-state index in [0.717, 1.165) is 38.5 Å². The monoisotopic (exact) mass is 331 g/mol. The van der Waals surface area contributed by atoms with Gasteiger partial charge in [0.25, 0.3) is 0 Å². The summed E-state index contributed by atoms with van der Waals surface area (Å²) < 4.78 is 11.3. The van der Waals surface area contributed by atoms with Crippen LogP contribution in [0.5, 0.6) is 0 Å². The SMILES string of the molecule is COCC(=O)N1CC[C@@H](OCC2CC2)[C@H](Cc2cccc(C)c2)C1. The molecule has 132 valence electrons. The zero-order valence-electron chi connectivity index (χ0n) is 14.9. The molecule has 2 atom stereocenters. The van der Waals surface area contributed by atoms with Crippen molar-refractivity contribution in [2.75, 3.05) is 33.4 Å². The molecule has 1 aromatic rings. The highest BCUT2D eigenvalue weighted by Gasteiger charge is 2.33. The van der Waals surface area contributed by atoms with Crippen molar-refractivity contribution in [1.82, 2.24) is 4.90 Å². The Labute approximate surface area is 145 Å². The molecule has 0 bridgehead atoms. The molecule has 1 amide bonds. The topological polar surface area (TPSA) is 38.8 Å². The minimum atomic E-state index is 0.0902. The summed E-state index contributed by atoms with van der Waals surface area (Å²) in [6.07, 6.45) is 4.78. The second-order valence-corrected chi connectivity index (χ2v) is 7.33. The Morgan fingerprint density at radius 1 is 1.29 bits per heavy atom. The van der Waals surface area contributed by atoms with Crippen molar-refractivity contribution >= 4 is 5.91 Å². The van der Waals surface area contributed by atoms with E-state index in [0.29, 0.717) is 5.92 Å². The number of benzene rings is 1. The highest BCUT2D eigenvalue weighted by Crippen LogP contribution is 2.32. The first-order valence-electron chi connectivity index (χ1n) is 9.09. The van der Waals surface area contributed by atoms with Gasteiger partial charge in [-0.05, 0) is 44.1 Å². The van der Waals surface area contributed by atoms with Crippen LogP contribution in [-0.2, 0) is 20.7 Å². The Balaban J connectivity index is 1.65. The van der Waals surface area contributed by atoms with E-state index in [1.165, 1.54) is 24.0 Å². The third-order valence-corrected chi connectivity index (χ3v) is 5.11. The molecule has 1 aliphatic carbocycles. The summed E-state index contributed by atoms with van der Waals surface area (Å²) in [4.78, 5) is 14.1. The fourth-order valence-electron chi connectivity index (χ4n) is 3.55. The van der Waals surface area contributed by atoms with Gasteiger partial charge in [0.1, 0.15) is 6.61 Å². The number of aryl methyl sites for hydroxylation is 1. The van der Waals surface area contributed by atoms with Gasteiger partial charge in [0.2, 0.25) is 5.91 Å². The number of hydrogen-bond donors (Lipinski definition) is 0. The number of carbonyl (C=O) groups is 1. The molecule has 0 aromatic heterocycles. The average Bonchev–Trinajstić information content (AvgIpc) is 3.38. The Bertz CT molecular complexity index is 556. The Kier molecular flexibility index (Phi) is 5.90. The maximum absolute atomic E-state index is 12.2. The number of nitrogens with zero attached hydrogens (tertiary/aromatic N) is 1. The molecular weight excluding hydrogens is 302 g/mol. The highest BCUT2D eigenvalue weighted by molar-refractivity contribution is 5.77. The molecule has 1 aliphatic heterocycles. The van der Waals surface area contributed by atoms with Gasteiger partial charge in [0, 0.05) is 32.7 Å². The number of carbonyl (C=O) groups excluding carboxylic acids is 1. The first-order chi connectivity index (χ1) is 11.7. The lowest BCUT2D eigenvalue weighted by Crippen LogP contribution is -2.48. The minimum absolute atomic E-state index is 0.0902. The predicted molar refractivity (Wildman–Crippen MR) is 93.9 cm³/mol. The number of methoxy groups -OCH3 is 1. The first kappa shape index (κ1) is 17.4. The maximum atomic E-state index is 12.2. The molecule has 0 radical (unpaired) electrons. The fraction of sp³-hybridized carbons (Fsp3) is 0.650. The van der Waals surface area contributed by atoms with Crippen molar-refractivity contribution in [2.24, 2.45) is 11.8 Å². The van der Waals surface area contributed by atoms with E-state index in [-0.39, 0.29) is 18.6 Å². The van der Waals surface area contributed by atoms with Gasteiger partial charge >= 0.3 is 0 Å². The summed E-state index contributed by atoms with van der Waals surface area (Å²) in [5, 5.41) is 0. The quantitative estimate of drug-likeness (QED) is 0.771. The average molecular weight is 331 g/mol. The lowest BCUT2D eigenvalue weighted by Gasteiger charge is -2.38. The van der Waals surface area contributed by atoms with Crippen LogP contribution in [0.2, 0.25) is 0 Å². The lowest BCUT2D eigenvalue weighted by molar-refractivity contribution is -0.140. The van der Waals surface area contributed by atoms with Crippen LogP contribution in [0.1, 0.15) is 30.4 Å². The zero-order valence-corrected chi connectivity index (χ0v) is 14.9. The summed E-state index contributed by atoms with van der Waals surface area (Å²) in [5.41, 5.74) is 2.62. The van der Waals surface area contributed by atoms with Gasteiger partial charge in [-0.3, -0.25) is 4.79 Å². The van der Waals surface area contributed by atoms with E-state index in [1.807, 2.05) is 4.90 Å². The fourth-order valence-corrected chi connectivity index (χ4v) is 3.55. The molecule has 0 spiro atoms. The van der Waals surface area contributed by atoms with Crippen LogP contribution in [0.15, 0.2) is 24.3 Å². The molecule has 2 fully saturated rings. The number of ether oxygens (including phenoxy) is 2. The third kappa shape index (κ3) is 4.81. The minimum Gasteiger partial charge on any atom is -0.377 e. The molecule has 0 N–H and O–H groups in total. The molecule has 1 aromatic carbocycles. The van der Waals surface area contributed by atoms with Gasteiger partial charge in [0.15, 0.2) is 0 Å². The Morgan fingerprint density at radius 2 is 2.12 bits per heavy atom. The van der Waals surface area contributed by atoms with E-state index in [1.54, 1.807) is 7.11 Å². The van der Waals surface area contributed by atoms with Crippen molar-refractivity contribution in [2.45, 2.75) is 38.7 Å². The normalized spacial score (nSPS) is 24.2. The number of rotatable bonds is 7. The van der Waals surface area contributed by atoms with Crippen LogP contribution < -0.4 is 0 Å². The van der Waals surface area contributed by atoms with Crippen molar-refractivity contribution in [1.29, 1.82) is 0 Å².